The van der Waals surface area contributed by atoms with E-state index in [1.165, 1.54) is 0 Å². The van der Waals surface area contributed by atoms with Crippen LogP contribution in [0.4, 0.5) is 5.69 Å². The van der Waals surface area contributed by atoms with Crippen LogP contribution >= 0.6 is 0 Å². The van der Waals surface area contributed by atoms with Gasteiger partial charge in [-0.1, -0.05) is 13.8 Å². The van der Waals surface area contributed by atoms with Gasteiger partial charge < -0.3 is 10.2 Å². The van der Waals surface area contributed by atoms with E-state index in [1.807, 2.05) is 6.07 Å². The van der Waals surface area contributed by atoms with Crippen molar-refractivity contribution in [2.45, 2.75) is 20.3 Å². The second-order valence-electron chi connectivity index (χ2n) is 5.77. The molecule has 110 valence electrons. The minimum absolute atomic E-state index is 0.0451. The Morgan fingerprint density at radius 2 is 2.10 bits per heavy atom. The van der Waals surface area contributed by atoms with E-state index < -0.39 is 0 Å². The topological polar surface area (TPSA) is 73.2 Å². The minimum atomic E-state index is -0.299. The maximum absolute atomic E-state index is 12.2. The predicted molar refractivity (Wildman–Crippen MR) is 79.3 cm³/mol. The fourth-order valence-corrected chi connectivity index (χ4v) is 2.44. The Labute approximate surface area is 124 Å². The van der Waals surface area contributed by atoms with Crippen LogP contribution in [0.3, 0.4) is 0 Å². The van der Waals surface area contributed by atoms with Crippen LogP contribution in [0.5, 0.6) is 0 Å². The molecule has 1 aromatic rings. The normalized spacial score (nSPS) is 17.9. The van der Waals surface area contributed by atoms with Crippen LogP contribution in [-0.4, -0.2) is 29.8 Å². The predicted octanol–water partition coefficient (Wildman–Crippen LogP) is 2.00. The molecule has 0 radical (unpaired) electrons. The lowest BCUT2D eigenvalue weighted by molar-refractivity contribution is -0.128. The number of rotatable bonds is 4. The highest BCUT2D eigenvalue weighted by Gasteiger charge is 2.34. The molecule has 1 atom stereocenters. The molecule has 0 unspecified atom stereocenters. The van der Waals surface area contributed by atoms with Crippen molar-refractivity contribution in [2.75, 3.05) is 18.4 Å². The number of amides is 2. The Hall–Kier alpha value is -2.35. The molecule has 0 aromatic heterocycles. The Morgan fingerprint density at radius 3 is 2.67 bits per heavy atom. The zero-order valence-electron chi connectivity index (χ0n) is 12.3. The summed E-state index contributed by atoms with van der Waals surface area (Å²) in [4.78, 5) is 25.8. The maximum atomic E-state index is 12.2. The molecular formula is C16H19N3O2. The average Bonchev–Trinajstić information content (AvgIpc) is 2.80. The minimum Gasteiger partial charge on any atom is -0.342 e. The third-order valence-corrected chi connectivity index (χ3v) is 3.45. The number of likely N-dealkylation sites (tertiary alicyclic amines) is 1. The van der Waals surface area contributed by atoms with Crippen LogP contribution in [0.25, 0.3) is 0 Å². The van der Waals surface area contributed by atoms with Gasteiger partial charge in [-0.2, -0.15) is 5.26 Å². The van der Waals surface area contributed by atoms with Gasteiger partial charge in [0, 0.05) is 25.2 Å². The van der Waals surface area contributed by atoms with E-state index in [2.05, 4.69) is 19.2 Å². The Balaban J connectivity index is 1.95. The first-order valence-electron chi connectivity index (χ1n) is 7.08. The summed E-state index contributed by atoms with van der Waals surface area (Å²) in [5.74, 6) is 0.00386. The van der Waals surface area contributed by atoms with Gasteiger partial charge in [0.2, 0.25) is 11.8 Å². The second kappa shape index (κ2) is 6.40. The van der Waals surface area contributed by atoms with Gasteiger partial charge in [-0.25, -0.2) is 0 Å². The summed E-state index contributed by atoms with van der Waals surface area (Å²) in [6, 6.07) is 8.72. The molecule has 1 aliphatic heterocycles. The highest BCUT2D eigenvalue weighted by atomic mass is 16.2. The van der Waals surface area contributed by atoms with Gasteiger partial charge in [0.1, 0.15) is 0 Å². The summed E-state index contributed by atoms with van der Waals surface area (Å²) in [7, 11) is 0. The van der Waals surface area contributed by atoms with E-state index in [0.717, 1.165) is 0 Å². The molecule has 0 aliphatic carbocycles. The van der Waals surface area contributed by atoms with Gasteiger partial charge in [-0.15, -0.1) is 0 Å². The van der Waals surface area contributed by atoms with Crippen LogP contribution in [-0.2, 0) is 9.59 Å². The third-order valence-electron chi connectivity index (χ3n) is 3.45. The molecule has 0 spiro atoms. The quantitative estimate of drug-likeness (QED) is 0.919. The maximum Gasteiger partial charge on any atom is 0.229 e. The standard InChI is InChI=1S/C16H19N3O2/c1-11(2)9-19-10-13(7-15(19)20)16(21)18-14-5-3-12(8-17)4-6-14/h3-6,11,13H,7,9-10H2,1-2H3,(H,18,21)/t13-/m1/s1. The molecule has 5 nitrogen and oxygen atoms in total. The molecule has 1 aromatic carbocycles. The van der Waals surface area contributed by atoms with Crippen molar-refractivity contribution in [2.24, 2.45) is 11.8 Å². The van der Waals surface area contributed by atoms with Crippen LogP contribution in [0, 0.1) is 23.2 Å². The molecule has 1 N–H and O–H groups in total. The highest BCUT2D eigenvalue weighted by Crippen LogP contribution is 2.21. The number of anilines is 1. The fourth-order valence-electron chi connectivity index (χ4n) is 2.44. The number of nitrogens with one attached hydrogen (secondary N) is 1. The number of carbonyl (C=O) groups excluding carboxylic acids is 2. The van der Waals surface area contributed by atoms with Crippen LogP contribution in [0.1, 0.15) is 25.8 Å². The van der Waals surface area contributed by atoms with E-state index in [0.29, 0.717) is 30.3 Å². The van der Waals surface area contributed by atoms with Gasteiger partial charge in [0.15, 0.2) is 0 Å². The van der Waals surface area contributed by atoms with Crippen LogP contribution in [0.2, 0.25) is 0 Å². The van der Waals surface area contributed by atoms with Crippen molar-refractivity contribution in [1.82, 2.24) is 4.90 Å². The number of benzene rings is 1. The molecule has 0 saturated carbocycles. The van der Waals surface area contributed by atoms with Crippen molar-refractivity contribution in [3.8, 4) is 6.07 Å². The number of nitrogens with zero attached hydrogens (tertiary/aromatic N) is 2. The van der Waals surface area contributed by atoms with Gasteiger partial charge in [-0.3, -0.25) is 9.59 Å². The lowest BCUT2D eigenvalue weighted by atomic mass is 10.1. The van der Waals surface area contributed by atoms with Crippen molar-refractivity contribution in [3.63, 3.8) is 0 Å². The average molecular weight is 285 g/mol. The Kier molecular flexibility index (Phi) is 4.59. The van der Waals surface area contributed by atoms with Crippen LogP contribution in [0.15, 0.2) is 24.3 Å². The van der Waals surface area contributed by atoms with Crippen molar-refractivity contribution < 1.29 is 9.59 Å². The van der Waals surface area contributed by atoms with Crippen molar-refractivity contribution in [3.05, 3.63) is 29.8 Å². The first kappa shape index (κ1) is 15.0. The smallest absolute Gasteiger partial charge is 0.229 e. The number of nitriles is 1. The summed E-state index contributed by atoms with van der Waals surface area (Å²) in [6.07, 6.45) is 0.273. The van der Waals surface area contributed by atoms with Crippen molar-refractivity contribution in [1.29, 1.82) is 5.26 Å². The largest absolute Gasteiger partial charge is 0.342 e. The Morgan fingerprint density at radius 1 is 1.43 bits per heavy atom. The van der Waals surface area contributed by atoms with E-state index in [4.69, 9.17) is 5.26 Å². The SMILES string of the molecule is CC(C)CN1C[C@H](C(=O)Nc2ccc(C#N)cc2)CC1=O. The lowest BCUT2D eigenvalue weighted by Crippen LogP contribution is -2.31. The molecule has 5 heteroatoms. The molecule has 2 amide bonds. The van der Waals surface area contributed by atoms with E-state index in [-0.39, 0.29) is 24.2 Å². The first-order valence-corrected chi connectivity index (χ1v) is 7.08. The van der Waals surface area contributed by atoms with E-state index in [9.17, 15) is 9.59 Å². The summed E-state index contributed by atoms with van der Waals surface area (Å²) in [5, 5.41) is 11.5. The van der Waals surface area contributed by atoms with Gasteiger partial charge in [-0.05, 0) is 30.2 Å². The summed E-state index contributed by atoms with van der Waals surface area (Å²) in [5.41, 5.74) is 1.20. The monoisotopic (exact) mass is 285 g/mol. The number of carbonyl (C=O) groups is 2. The first-order chi connectivity index (χ1) is 9.99. The lowest BCUT2D eigenvalue weighted by Gasteiger charge is -2.18. The summed E-state index contributed by atoms with van der Waals surface area (Å²) in [6.45, 7) is 5.29. The summed E-state index contributed by atoms with van der Waals surface area (Å²) < 4.78 is 0. The molecule has 2 rings (SSSR count). The second-order valence-corrected chi connectivity index (χ2v) is 5.77. The zero-order valence-corrected chi connectivity index (χ0v) is 12.3. The number of hydrogen-bond acceptors (Lipinski definition) is 3. The summed E-state index contributed by atoms with van der Waals surface area (Å²) >= 11 is 0. The molecule has 1 heterocycles. The highest BCUT2D eigenvalue weighted by molar-refractivity contribution is 5.97. The zero-order chi connectivity index (χ0) is 15.4. The van der Waals surface area contributed by atoms with Gasteiger partial charge >= 0.3 is 0 Å². The molecule has 1 fully saturated rings. The number of hydrogen-bond donors (Lipinski definition) is 1. The fraction of sp³-hybridized carbons (Fsp3) is 0.438. The van der Waals surface area contributed by atoms with Crippen LogP contribution < -0.4 is 5.32 Å². The van der Waals surface area contributed by atoms with Crippen molar-refractivity contribution >= 4 is 17.5 Å². The van der Waals surface area contributed by atoms with Gasteiger partial charge in [0.05, 0.1) is 17.6 Å². The molecule has 1 aliphatic rings. The third kappa shape index (κ3) is 3.82. The van der Waals surface area contributed by atoms with E-state index in [1.54, 1.807) is 29.2 Å². The molecule has 0 bridgehead atoms. The van der Waals surface area contributed by atoms with Gasteiger partial charge in [0.25, 0.3) is 0 Å². The molecular weight excluding hydrogens is 266 g/mol. The van der Waals surface area contributed by atoms with E-state index >= 15 is 0 Å². The Bertz CT molecular complexity index is 572. The molecule has 21 heavy (non-hydrogen) atoms. The molecule has 1 saturated heterocycles.